The number of aliphatic carboxylic acids is 2. The molecule has 0 aliphatic rings. The summed E-state index contributed by atoms with van der Waals surface area (Å²) in [6.45, 7) is 3.23. The van der Waals surface area contributed by atoms with Crippen molar-refractivity contribution in [2.75, 3.05) is 13.1 Å². The summed E-state index contributed by atoms with van der Waals surface area (Å²) in [5.74, 6) is -3.18. The van der Waals surface area contributed by atoms with Crippen LogP contribution in [0.4, 0.5) is 0 Å². The van der Waals surface area contributed by atoms with Crippen LogP contribution in [0, 0.1) is 0 Å². The molecule has 0 heterocycles. The fraction of sp³-hybridized carbons (Fsp3) is 0.714. The molecule has 0 radical (unpaired) electrons. The van der Waals surface area contributed by atoms with E-state index in [1.807, 2.05) is 0 Å². The van der Waals surface area contributed by atoms with Gasteiger partial charge in [-0.1, -0.05) is 0 Å². The van der Waals surface area contributed by atoms with Gasteiger partial charge in [0.2, 0.25) is 5.91 Å². The quantitative estimate of drug-likeness (QED) is 0.252. The fourth-order valence-electron chi connectivity index (χ4n) is 1.64. The van der Waals surface area contributed by atoms with Crippen LogP contribution >= 0.6 is 0 Å². The molecule has 0 rings (SSSR count). The monoisotopic (exact) mass is 348 g/mol. The number of rotatable bonds is 10. The Bertz CT molecular complexity index is 427. The van der Waals surface area contributed by atoms with Crippen LogP contribution in [0.5, 0.6) is 0 Å². The van der Waals surface area contributed by atoms with E-state index in [2.05, 4.69) is 5.32 Å². The molecule has 0 saturated carbocycles. The van der Waals surface area contributed by atoms with E-state index in [0.29, 0.717) is 32.4 Å². The molecular formula is C14H28N4O6. The van der Waals surface area contributed by atoms with Crippen molar-refractivity contribution in [2.24, 2.45) is 17.2 Å². The topological polar surface area (TPSA) is 199 Å². The van der Waals surface area contributed by atoms with Crippen molar-refractivity contribution < 1.29 is 29.4 Å². The third-order valence-corrected chi connectivity index (χ3v) is 3.16. The largest absolute Gasteiger partial charge is 0.480 e. The van der Waals surface area contributed by atoms with Crippen molar-refractivity contribution in [2.45, 2.75) is 51.1 Å². The van der Waals surface area contributed by atoms with E-state index >= 15 is 0 Å². The van der Waals surface area contributed by atoms with Crippen LogP contribution in [-0.2, 0) is 19.2 Å². The molecule has 0 unspecified atom stereocenters. The van der Waals surface area contributed by atoms with Crippen LogP contribution in [0.15, 0.2) is 0 Å². The molecule has 0 aromatic carbocycles. The van der Waals surface area contributed by atoms with Gasteiger partial charge in [-0.25, -0.2) is 9.59 Å². The Labute approximate surface area is 140 Å². The zero-order valence-electron chi connectivity index (χ0n) is 14.1. The van der Waals surface area contributed by atoms with Crippen molar-refractivity contribution in [3.05, 3.63) is 0 Å². The number of hydrogen-bond donors (Lipinski definition) is 6. The molecule has 0 aromatic heterocycles. The minimum absolute atomic E-state index is 0.0914. The van der Waals surface area contributed by atoms with Crippen molar-refractivity contribution in [3.63, 3.8) is 0 Å². The van der Waals surface area contributed by atoms with Crippen LogP contribution < -0.4 is 22.5 Å². The van der Waals surface area contributed by atoms with Crippen LogP contribution in [0.2, 0.25) is 0 Å². The second-order valence-corrected chi connectivity index (χ2v) is 5.25. The average Bonchev–Trinajstić information content (AvgIpc) is 2.48. The Balaban J connectivity index is 0. The number of carboxylic acids is 2. The number of carboxylic acid groups (broad SMARTS) is 2. The second-order valence-electron chi connectivity index (χ2n) is 5.25. The van der Waals surface area contributed by atoms with E-state index in [4.69, 9.17) is 27.4 Å². The Morgan fingerprint density at radius 3 is 1.83 bits per heavy atom. The molecule has 24 heavy (non-hydrogen) atoms. The number of carbonyl (C=O) groups is 4. The first-order chi connectivity index (χ1) is 11.0. The molecule has 9 N–H and O–H groups in total. The fourth-order valence-corrected chi connectivity index (χ4v) is 1.64. The van der Waals surface area contributed by atoms with Gasteiger partial charge < -0.3 is 32.7 Å². The van der Waals surface area contributed by atoms with Crippen LogP contribution in [0.1, 0.15) is 39.5 Å². The first-order valence-electron chi connectivity index (χ1n) is 7.46. The van der Waals surface area contributed by atoms with Gasteiger partial charge in [-0.15, -0.1) is 0 Å². The van der Waals surface area contributed by atoms with Gasteiger partial charge in [-0.2, -0.15) is 0 Å². The number of carbonyl (C=O) groups excluding carboxylic acids is 2. The highest BCUT2D eigenvalue weighted by Crippen LogP contribution is 2.10. The predicted octanol–water partition coefficient (Wildman–Crippen LogP) is -1.59. The van der Waals surface area contributed by atoms with Gasteiger partial charge in [0, 0.05) is 6.92 Å². The summed E-state index contributed by atoms with van der Waals surface area (Å²) in [5.41, 5.74) is 14.0. The summed E-state index contributed by atoms with van der Waals surface area (Å²) in [6, 6.07) is -0.800. The highest BCUT2D eigenvalue weighted by Gasteiger charge is 2.38. The lowest BCUT2D eigenvalue weighted by atomic mass is 9.91. The third kappa shape index (κ3) is 9.87. The van der Waals surface area contributed by atoms with Crippen LogP contribution in [0.3, 0.4) is 0 Å². The number of nitrogens with one attached hydrogen (secondary N) is 1. The maximum absolute atomic E-state index is 10.9. The van der Waals surface area contributed by atoms with Crippen molar-refractivity contribution in [3.8, 4) is 0 Å². The number of nitrogens with two attached hydrogens (primary N) is 3. The average molecular weight is 348 g/mol. The Morgan fingerprint density at radius 1 is 1.04 bits per heavy atom. The van der Waals surface area contributed by atoms with Gasteiger partial charge >= 0.3 is 11.9 Å². The SMILES string of the molecule is CC(=O)N[C@@H](CCCN)C(=O)O.CC(=O)[C@](N)(CCCN)C(=O)O. The molecule has 0 aliphatic heterocycles. The molecule has 0 aromatic rings. The maximum Gasteiger partial charge on any atom is 0.331 e. The smallest absolute Gasteiger partial charge is 0.331 e. The Kier molecular flexibility index (Phi) is 12.5. The van der Waals surface area contributed by atoms with E-state index in [1.54, 1.807) is 0 Å². The zero-order chi connectivity index (χ0) is 19.3. The first kappa shape index (κ1) is 24.2. The van der Waals surface area contributed by atoms with Gasteiger partial charge in [-0.3, -0.25) is 9.59 Å². The molecule has 0 saturated heterocycles. The van der Waals surface area contributed by atoms with Crippen LogP contribution in [-0.4, -0.2) is 58.5 Å². The third-order valence-electron chi connectivity index (χ3n) is 3.16. The summed E-state index contributed by atoms with van der Waals surface area (Å²) in [6.07, 6.45) is 1.50. The molecule has 10 heteroatoms. The summed E-state index contributed by atoms with van der Waals surface area (Å²) in [4.78, 5) is 42.4. The van der Waals surface area contributed by atoms with Gasteiger partial charge in [0.05, 0.1) is 0 Å². The molecule has 0 aliphatic carbocycles. The second kappa shape index (κ2) is 12.4. The normalized spacial score (nSPS) is 13.7. The first-order valence-corrected chi connectivity index (χ1v) is 7.46. The molecule has 2 atom stereocenters. The molecule has 0 spiro atoms. The summed E-state index contributed by atoms with van der Waals surface area (Å²) in [5, 5.41) is 19.6. The highest BCUT2D eigenvalue weighted by molar-refractivity contribution is 6.06. The lowest BCUT2D eigenvalue weighted by molar-refractivity contribution is -0.148. The van der Waals surface area contributed by atoms with E-state index in [9.17, 15) is 19.2 Å². The number of Topliss-reactive ketones (excluding diaryl/α,β-unsaturated/α-hetero) is 1. The van der Waals surface area contributed by atoms with Gasteiger partial charge in [-0.05, 0) is 45.7 Å². The lowest BCUT2D eigenvalue weighted by Gasteiger charge is -2.20. The standard InChI is InChI=1S/2C7H14N2O3/c1-5(10)7(9,6(11)12)3-2-4-8;1-5(10)9-6(7(11)12)3-2-4-8/h2-4,8-9H2,1H3,(H,11,12);6H,2-4,8H2,1H3,(H,9,10)(H,11,12)/t7-;6-/m10/s1. The van der Waals surface area contributed by atoms with Crippen molar-refractivity contribution in [1.82, 2.24) is 5.32 Å². The minimum Gasteiger partial charge on any atom is -0.480 e. The predicted molar refractivity (Wildman–Crippen MR) is 87.1 cm³/mol. The lowest BCUT2D eigenvalue weighted by Crippen LogP contribution is -2.54. The molecule has 0 bridgehead atoms. The van der Waals surface area contributed by atoms with Crippen molar-refractivity contribution >= 4 is 23.6 Å². The van der Waals surface area contributed by atoms with E-state index in [-0.39, 0.29) is 12.3 Å². The number of ketones is 1. The molecule has 140 valence electrons. The zero-order valence-corrected chi connectivity index (χ0v) is 14.1. The van der Waals surface area contributed by atoms with Gasteiger partial charge in [0.15, 0.2) is 11.3 Å². The van der Waals surface area contributed by atoms with E-state index in [0.717, 1.165) is 0 Å². The Hall–Kier alpha value is -2.04. The number of amides is 1. The van der Waals surface area contributed by atoms with E-state index in [1.165, 1.54) is 13.8 Å². The van der Waals surface area contributed by atoms with Gasteiger partial charge in [0.1, 0.15) is 6.04 Å². The Morgan fingerprint density at radius 2 is 1.54 bits per heavy atom. The number of hydrogen-bond acceptors (Lipinski definition) is 7. The van der Waals surface area contributed by atoms with Crippen molar-refractivity contribution in [1.29, 1.82) is 0 Å². The van der Waals surface area contributed by atoms with Crippen LogP contribution in [0.25, 0.3) is 0 Å². The molecular weight excluding hydrogens is 320 g/mol. The molecule has 10 nitrogen and oxygen atoms in total. The summed E-state index contributed by atoms with van der Waals surface area (Å²) in [7, 11) is 0. The van der Waals surface area contributed by atoms with E-state index < -0.39 is 29.3 Å². The minimum atomic E-state index is -1.75. The molecule has 1 amide bonds. The summed E-state index contributed by atoms with van der Waals surface area (Å²) < 4.78 is 0. The highest BCUT2D eigenvalue weighted by atomic mass is 16.4. The maximum atomic E-state index is 10.9. The molecule has 0 fully saturated rings. The summed E-state index contributed by atoms with van der Waals surface area (Å²) >= 11 is 0. The van der Waals surface area contributed by atoms with Gasteiger partial charge in [0.25, 0.3) is 0 Å².